The highest BCUT2D eigenvalue weighted by Crippen LogP contribution is 2.31. The molecule has 5 nitrogen and oxygen atoms in total. The van der Waals surface area contributed by atoms with Gasteiger partial charge >= 0.3 is 12.1 Å². The maximum Gasteiger partial charge on any atom is 0.411 e. The topological polar surface area (TPSA) is 66.8 Å². The Bertz CT molecular complexity index is 362. The number of amides is 1. The van der Waals surface area contributed by atoms with Crippen LogP contribution in [-0.4, -0.2) is 54.4 Å². The normalized spacial score (nSPS) is 18.9. The first-order valence-electron chi connectivity index (χ1n) is 6.30. The van der Waals surface area contributed by atoms with E-state index in [2.05, 4.69) is 4.74 Å². The second-order valence-corrected chi connectivity index (χ2v) is 5.16. The summed E-state index contributed by atoms with van der Waals surface area (Å²) in [6.07, 6.45) is -3.83. The van der Waals surface area contributed by atoms with Crippen LogP contribution in [0.5, 0.6) is 0 Å². The average molecular weight is 297 g/mol. The molecule has 0 spiro atoms. The lowest BCUT2D eigenvalue weighted by molar-refractivity contribution is -0.175. The number of hydrogen-bond acceptors (Lipinski definition) is 3. The van der Waals surface area contributed by atoms with E-state index in [1.165, 1.54) is 4.90 Å². The Hall–Kier alpha value is -1.31. The summed E-state index contributed by atoms with van der Waals surface area (Å²) in [6, 6.07) is 0. The molecule has 1 fully saturated rings. The number of ether oxygens (including phenoxy) is 1. The molecule has 0 radical (unpaired) electrons. The van der Waals surface area contributed by atoms with Crippen molar-refractivity contribution in [2.45, 2.75) is 32.4 Å². The van der Waals surface area contributed by atoms with Gasteiger partial charge in [0.1, 0.15) is 6.61 Å². The first-order chi connectivity index (χ1) is 9.14. The Morgan fingerprint density at radius 3 is 2.30 bits per heavy atom. The molecule has 1 N–H and O–H groups in total. The Labute approximate surface area is 114 Å². The van der Waals surface area contributed by atoms with Crippen LogP contribution in [0.2, 0.25) is 0 Å². The number of nitrogens with zero attached hydrogens (tertiary/aromatic N) is 1. The number of halogens is 3. The zero-order valence-electron chi connectivity index (χ0n) is 11.2. The third kappa shape index (κ3) is 4.99. The van der Waals surface area contributed by atoms with Crippen molar-refractivity contribution in [1.29, 1.82) is 0 Å². The number of carbonyl (C=O) groups excluding carboxylic acids is 1. The highest BCUT2D eigenvalue weighted by atomic mass is 19.4. The van der Waals surface area contributed by atoms with Crippen LogP contribution in [0.25, 0.3) is 0 Å². The number of likely N-dealkylation sites (tertiary alicyclic amines) is 1. The lowest BCUT2D eigenvalue weighted by Crippen LogP contribution is -2.45. The summed E-state index contributed by atoms with van der Waals surface area (Å²) in [6.45, 7) is 0.591. The van der Waals surface area contributed by atoms with Crippen LogP contribution < -0.4 is 0 Å². The number of aliphatic carboxylic acids is 1. The molecular weight excluding hydrogens is 279 g/mol. The molecule has 20 heavy (non-hydrogen) atoms. The predicted octanol–water partition coefficient (Wildman–Crippen LogP) is 1.67. The lowest BCUT2D eigenvalue weighted by Gasteiger charge is -2.36. The van der Waals surface area contributed by atoms with Crippen LogP contribution >= 0.6 is 0 Å². The van der Waals surface area contributed by atoms with Crippen LogP contribution in [0.15, 0.2) is 0 Å². The molecule has 0 unspecified atom stereocenters. The predicted molar refractivity (Wildman–Crippen MR) is 63.0 cm³/mol. The van der Waals surface area contributed by atoms with E-state index in [1.807, 2.05) is 0 Å². The van der Waals surface area contributed by atoms with Crippen LogP contribution in [0, 0.1) is 5.41 Å². The molecule has 0 aromatic carbocycles. The van der Waals surface area contributed by atoms with Crippen LogP contribution in [-0.2, 0) is 14.3 Å². The van der Waals surface area contributed by atoms with E-state index in [0.717, 1.165) is 0 Å². The van der Waals surface area contributed by atoms with E-state index < -0.39 is 24.2 Å². The van der Waals surface area contributed by atoms with Gasteiger partial charge in [0.05, 0.1) is 18.4 Å². The van der Waals surface area contributed by atoms with Crippen molar-refractivity contribution in [2.75, 3.05) is 26.3 Å². The summed E-state index contributed by atoms with van der Waals surface area (Å²) in [5.74, 6) is -1.20. The Balaban J connectivity index is 2.28. The van der Waals surface area contributed by atoms with Gasteiger partial charge in [-0.05, 0) is 19.8 Å². The van der Waals surface area contributed by atoms with E-state index in [0.29, 0.717) is 25.9 Å². The number of carboxylic acid groups (broad SMARTS) is 1. The molecule has 0 atom stereocenters. The lowest BCUT2D eigenvalue weighted by atomic mass is 9.80. The van der Waals surface area contributed by atoms with Crippen molar-refractivity contribution >= 4 is 11.9 Å². The van der Waals surface area contributed by atoms with Crippen molar-refractivity contribution in [1.82, 2.24) is 4.90 Å². The van der Waals surface area contributed by atoms with Crippen molar-refractivity contribution in [3.8, 4) is 0 Å². The summed E-state index contributed by atoms with van der Waals surface area (Å²) in [7, 11) is 0. The monoisotopic (exact) mass is 297 g/mol. The molecule has 0 saturated carbocycles. The van der Waals surface area contributed by atoms with Gasteiger partial charge in [0, 0.05) is 13.1 Å². The molecule has 0 aliphatic carbocycles. The molecule has 1 aliphatic heterocycles. The van der Waals surface area contributed by atoms with E-state index in [-0.39, 0.29) is 18.9 Å². The molecule has 1 saturated heterocycles. The quantitative estimate of drug-likeness (QED) is 0.784. The van der Waals surface area contributed by atoms with Crippen LogP contribution in [0.3, 0.4) is 0 Å². The fourth-order valence-corrected chi connectivity index (χ4v) is 1.97. The minimum atomic E-state index is -4.39. The van der Waals surface area contributed by atoms with Gasteiger partial charge in [0.2, 0.25) is 5.91 Å². The SMILES string of the molecule is CC1(C(=O)O)CCN(C(=O)CCOCC(F)(F)F)CC1. The van der Waals surface area contributed by atoms with E-state index in [1.54, 1.807) is 6.92 Å². The molecule has 0 aromatic rings. The van der Waals surface area contributed by atoms with Gasteiger partial charge < -0.3 is 14.7 Å². The average Bonchev–Trinajstić information content (AvgIpc) is 2.34. The second kappa shape index (κ2) is 6.43. The molecular formula is C12H18F3NO4. The van der Waals surface area contributed by atoms with Crippen molar-refractivity contribution < 1.29 is 32.6 Å². The molecule has 1 aliphatic rings. The molecule has 116 valence electrons. The van der Waals surface area contributed by atoms with Crippen molar-refractivity contribution in [3.63, 3.8) is 0 Å². The van der Waals surface area contributed by atoms with Gasteiger partial charge in [-0.3, -0.25) is 9.59 Å². The maximum atomic E-state index is 11.8. The third-order valence-electron chi connectivity index (χ3n) is 3.46. The number of hydrogen-bond donors (Lipinski definition) is 1. The molecule has 8 heteroatoms. The summed E-state index contributed by atoms with van der Waals surface area (Å²) < 4.78 is 39.8. The van der Waals surface area contributed by atoms with Gasteiger partial charge in [-0.1, -0.05) is 0 Å². The number of piperidine rings is 1. The molecule has 0 bridgehead atoms. The standard InChI is InChI=1S/C12H18F3NO4/c1-11(10(18)19)3-5-16(6-4-11)9(17)2-7-20-8-12(13,14)15/h2-8H2,1H3,(H,18,19). The number of rotatable bonds is 5. The molecule has 0 aromatic heterocycles. The van der Waals surface area contributed by atoms with Gasteiger partial charge in [0.15, 0.2) is 0 Å². The summed E-state index contributed by atoms with van der Waals surface area (Å²) in [5.41, 5.74) is -0.830. The van der Waals surface area contributed by atoms with Gasteiger partial charge in [-0.2, -0.15) is 13.2 Å². The van der Waals surface area contributed by atoms with Gasteiger partial charge in [0.25, 0.3) is 0 Å². The van der Waals surface area contributed by atoms with E-state index in [9.17, 15) is 22.8 Å². The molecule has 1 heterocycles. The molecule has 1 amide bonds. The largest absolute Gasteiger partial charge is 0.481 e. The Kier molecular flexibility index (Phi) is 5.38. The Morgan fingerprint density at radius 2 is 1.85 bits per heavy atom. The highest BCUT2D eigenvalue weighted by Gasteiger charge is 2.37. The summed E-state index contributed by atoms with van der Waals surface area (Å²) >= 11 is 0. The minimum absolute atomic E-state index is 0.125. The fourth-order valence-electron chi connectivity index (χ4n) is 1.97. The van der Waals surface area contributed by atoms with Gasteiger partial charge in [-0.25, -0.2) is 0 Å². The van der Waals surface area contributed by atoms with Gasteiger partial charge in [-0.15, -0.1) is 0 Å². The fraction of sp³-hybridized carbons (Fsp3) is 0.833. The maximum absolute atomic E-state index is 11.8. The van der Waals surface area contributed by atoms with Crippen LogP contribution in [0.1, 0.15) is 26.2 Å². The molecule has 1 rings (SSSR count). The van der Waals surface area contributed by atoms with Crippen molar-refractivity contribution in [3.05, 3.63) is 0 Å². The number of carboxylic acids is 1. The Morgan fingerprint density at radius 1 is 1.30 bits per heavy atom. The number of alkyl halides is 3. The minimum Gasteiger partial charge on any atom is -0.481 e. The smallest absolute Gasteiger partial charge is 0.411 e. The zero-order valence-corrected chi connectivity index (χ0v) is 11.2. The van der Waals surface area contributed by atoms with E-state index >= 15 is 0 Å². The summed E-state index contributed by atoms with van der Waals surface area (Å²) in [4.78, 5) is 24.2. The zero-order chi connectivity index (χ0) is 15.4. The third-order valence-corrected chi connectivity index (χ3v) is 3.46. The first kappa shape index (κ1) is 16.7. The van der Waals surface area contributed by atoms with E-state index in [4.69, 9.17) is 5.11 Å². The second-order valence-electron chi connectivity index (χ2n) is 5.16. The summed E-state index contributed by atoms with van der Waals surface area (Å²) in [5, 5.41) is 9.04. The van der Waals surface area contributed by atoms with Crippen molar-refractivity contribution in [2.24, 2.45) is 5.41 Å². The first-order valence-corrected chi connectivity index (χ1v) is 6.30. The number of carbonyl (C=O) groups is 2. The van der Waals surface area contributed by atoms with Crippen LogP contribution in [0.4, 0.5) is 13.2 Å². The highest BCUT2D eigenvalue weighted by molar-refractivity contribution is 5.78.